The van der Waals surface area contributed by atoms with E-state index in [4.69, 9.17) is 0 Å². The van der Waals surface area contributed by atoms with E-state index in [1.54, 1.807) is 0 Å². The average Bonchev–Trinajstić information content (AvgIpc) is 2.82. The lowest BCUT2D eigenvalue weighted by Gasteiger charge is -2.17. The quantitative estimate of drug-likeness (QED) is 0.862. The van der Waals surface area contributed by atoms with E-state index in [0.717, 1.165) is 25.2 Å². The molecular formula is C16H23N3. The molecule has 19 heavy (non-hydrogen) atoms. The van der Waals surface area contributed by atoms with Gasteiger partial charge in [-0.15, -0.1) is 0 Å². The van der Waals surface area contributed by atoms with Gasteiger partial charge in [0, 0.05) is 31.9 Å². The minimum atomic E-state index is 0.386. The van der Waals surface area contributed by atoms with E-state index < -0.39 is 0 Å². The molecule has 0 fully saturated rings. The molecule has 1 aromatic carbocycles. The summed E-state index contributed by atoms with van der Waals surface area (Å²) in [4.78, 5) is 4.42. The van der Waals surface area contributed by atoms with Crippen LogP contribution in [0, 0.1) is 0 Å². The molecule has 3 heteroatoms. The highest BCUT2D eigenvalue weighted by Gasteiger charge is 2.11. The first-order valence-electron chi connectivity index (χ1n) is 6.99. The maximum atomic E-state index is 4.42. The van der Waals surface area contributed by atoms with Gasteiger partial charge in [0.25, 0.3) is 0 Å². The fourth-order valence-corrected chi connectivity index (χ4v) is 2.33. The smallest absolute Gasteiger partial charge is 0.112 e. The van der Waals surface area contributed by atoms with Gasteiger partial charge in [-0.3, -0.25) is 0 Å². The summed E-state index contributed by atoms with van der Waals surface area (Å²) >= 11 is 0. The van der Waals surface area contributed by atoms with E-state index in [9.17, 15) is 0 Å². The number of imidazole rings is 1. The zero-order valence-electron chi connectivity index (χ0n) is 12.1. The molecule has 0 aliphatic rings. The highest BCUT2D eigenvalue weighted by molar-refractivity contribution is 5.32. The van der Waals surface area contributed by atoms with E-state index in [0.29, 0.717) is 6.04 Å². The summed E-state index contributed by atoms with van der Waals surface area (Å²) in [5.74, 6) is 1.11. The Labute approximate surface area is 115 Å². The minimum Gasteiger partial charge on any atom is -0.338 e. The number of rotatable bonds is 6. The van der Waals surface area contributed by atoms with Crippen molar-refractivity contribution in [3.05, 3.63) is 53.6 Å². The lowest BCUT2D eigenvalue weighted by Crippen LogP contribution is -2.20. The second-order valence-electron chi connectivity index (χ2n) is 5.01. The van der Waals surface area contributed by atoms with Gasteiger partial charge in [0.05, 0.1) is 0 Å². The summed E-state index contributed by atoms with van der Waals surface area (Å²) in [6, 6.07) is 9.02. The minimum absolute atomic E-state index is 0.386. The van der Waals surface area contributed by atoms with Gasteiger partial charge >= 0.3 is 0 Å². The molecule has 2 aromatic rings. The van der Waals surface area contributed by atoms with E-state index in [-0.39, 0.29) is 0 Å². The molecule has 0 aliphatic carbocycles. The molecule has 1 aromatic heterocycles. The second kappa shape index (κ2) is 6.53. The maximum absolute atomic E-state index is 4.42. The molecule has 0 saturated carbocycles. The molecule has 1 heterocycles. The largest absolute Gasteiger partial charge is 0.338 e. The normalized spacial score (nSPS) is 12.6. The van der Waals surface area contributed by atoms with Gasteiger partial charge in [-0.05, 0) is 31.0 Å². The van der Waals surface area contributed by atoms with Crippen LogP contribution in [0.1, 0.15) is 43.3 Å². The van der Waals surface area contributed by atoms with Crippen molar-refractivity contribution in [2.45, 2.75) is 32.7 Å². The number of hydrogen-bond acceptors (Lipinski definition) is 2. The molecule has 0 radical (unpaired) electrons. The predicted octanol–water partition coefficient (Wildman–Crippen LogP) is 3.07. The summed E-state index contributed by atoms with van der Waals surface area (Å²) in [7, 11) is 2.05. The summed E-state index contributed by atoms with van der Waals surface area (Å²) in [5.41, 5.74) is 2.73. The van der Waals surface area contributed by atoms with Crippen molar-refractivity contribution < 1.29 is 0 Å². The van der Waals surface area contributed by atoms with Gasteiger partial charge in [-0.1, -0.05) is 31.2 Å². The maximum Gasteiger partial charge on any atom is 0.112 e. The zero-order valence-corrected chi connectivity index (χ0v) is 12.1. The van der Waals surface area contributed by atoms with Crippen LogP contribution in [-0.2, 0) is 13.5 Å². The molecule has 0 saturated heterocycles. The third-order valence-corrected chi connectivity index (χ3v) is 3.49. The standard InChI is InChI=1S/C16H23N3/c1-4-9-17-13(2)15-8-6-5-7-14(15)12-16-18-10-11-19(16)3/h5-8,10-11,13,17H,4,9,12H2,1-3H3. The molecule has 2 rings (SSSR count). The van der Waals surface area contributed by atoms with Gasteiger partial charge < -0.3 is 9.88 Å². The molecule has 0 spiro atoms. The van der Waals surface area contributed by atoms with Crippen LogP contribution in [0.2, 0.25) is 0 Å². The van der Waals surface area contributed by atoms with E-state index in [1.807, 2.05) is 19.4 Å². The lowest BCUT2D eigenvalue weighted by atomic mass is 9.98. The fraction of sp³-hybridized carbons (Fsp3) is 0.438. The molecule has 0 amide bonds. The van der Waals surface area contributed by atoms with Crippen molar-refractivity contribution >= 4 is 0 Å². The lowest BCUT2D eigenvalue weighted by molar-refractivity contribution is 0.566. The number of nitrogens with zero attached hydrogens (tertiary/aromatic N) is 2. The highest BCUT2D eigenvalue weighted by atomic mass is 15.0. The molecule has 3 nitrogen and oxygen atoms in total. The van der Waals surface area contributed by atoms with Crippen LogP contribution in [0.4, 0.5) is 0 Å². The van der Waals surface area contributed by atoms with Gasteiger partial charge in [-0.25, -0.2) is 4.98 Å². The van der Waals surface area contributed by atoms with E-state index in [1.165, 1.54) is 11.1 Å². The van der Waals surface area contributed by atoms with Crippen LogP contribution in [0.25, 0.3) is 0 Å². The summed E-state index contributed by atoms with van der Waals surface area (Å²) in [6.45, 7) is 5.48. The Kier molecular flexibility index (Phi) is 4.74. The molecule has 0 aliphatic heterocycles. The highest BCUT2D eigenvalue weighted by Crippen LogP contribution is 2.20. The molecule has 1 unspecified atom stereocenters. The van der Waals surface area contributed by atoms with E-state index in [2.05, 4.69) is 53.0 Å². The average molecular weight is 257 g/mol. The zero-order chi connectivity index (χ0) is 13.7. The van der Waals surface area contributed by atoms with Gasteiger partial charge in [-0.2, -0.15) is 0 Å². The Morgan fingerprint density at radius 2 is 2.11 bits per heavy atom. The SMILES string of the molecule is CCCNC(C)c1ccccc1Cc1nccn1C. The van der Waals surface area contributed by atoms with E-state index >= 15 is 0 Å². The summed E-state index contributed by atoms with van der Waals surface area (Å²) < 4.78 is 2.08. The molecular weight excluding hydrogens is 234 g/mol. The van der Waals surface area contributed by atoms with Gasteiger partial charge in [0.15, 0.2) is 0 Å². The van der Waals surface area contributed by atoms with Crippen LogP contribution in [0.3, 0.4) is 0 Å². The van der Waals surface area contributed by atoms with Crippen molar-refractivity contribution in [2.75, 3.05) is 6.54 Å². The first-order valence-corrected chi connectivity index (χ1v) is 6.99. The molecule has 0 bridgehead atoms. The van der Waals surface area contributed by atoms with Crippen LogP contribution >= 0.6 is 0 Å². The van der Waals surface area contributed by atoms with Crippen LogP contribution in [-0.4, -0.2) is 16.1 Å². The number of benzene rings is 1. The van der Waals surface area contributed by atoms with Crippen molar-refractivity contribution in [1.29, 1.82) is 0 Å². The first-order chi connectivity index (χ1) is 9.22. The Morgan fingerprint density at radius 1 is 1.32 bits per heavy atom. The van der Waals surface area contributed by atoms with Crippen molar-refractivity contribution in [2.24, 2.45) is 7.05 Å². The topological polar surface area (TPSA) is 29.9 Å². The molecule has 1 N–H and O–H groups in total. The van der Waals surface area contributed by atoms with Gasteiger partial charge in [0.1, 0.15) is 5.82 Å². The first kappa shape index (κ1) is 13.8. The monoisotopic (exact) mass is 257 g/mol. The second-order valence-corrected chi connectivity index (χ2v) is 5.01. The Morgan fingerprint density at radius 3 is 2.79 bits per heavy atom. The van der Waals surface area contributed by atoms with Crippen molar-refractivity contribution in [3.8, 4) is 0 Å². The van der Waals surface area contributed by atoms with Crippen molar-refractivity contribution in [1.82, 2.24) is 14.9 Å². The number of aryl methyl sites for hydroxylation is 1. The third-order valence-electron chi connectivity index (χ3n) is 3.49. The summed E-state index contributed by atoms with van der Waals surface area (Å²) in [5, 5.41) is 3.56. The van der Waals surface area contributed by atoms with Gasteiger partial charge in [0.2, 0.25) is 0 Å². The van der Waals surface area contributed by atoms with Crippen LogP contribution in [0.5, 0.6) is 0 Å². The van der Waals surface area contributed by atoms with Crippen molar-refractivity contribution in [3.63, 3.8) is 0 Å². The Hall–Kier alpha value is -1.61. The number of hydrogen-bond donors (Lipinski definition) is 1. The Balaban J connectivity index is 2.18. The predicted molar refractivity (Wildman–Crippen MR) is 79.2 cm³/mol. The molecule has 1 atom stereocenters. The van der Waals surface area contributed by atoms with Crippen LogP contribution < -0.4 is 5.32 Å². The third kappa shape index (κ3) is 3.44. The van der Waals surface area contributed by atoms with Crippen LogP contribution in [0.15, 0.2) is 36.7 Å². The Bertz CT molecular complexity index is 516. The summed E-state index contributed by atoms with van der Waals surface area (Å²) in [6.07, 6.45) is 5.90. The molecule has 102 valence electrons. The fourth-order valence-electron chi connectivity index (χ4n) is 2.33. The number of nitrogens with one attached hydrogen (secondary N) is 1. The number of aromatic nitrogens is 2.